The summed E-state index contributed by atoms with van der Waals surface area (Å²) in [7, 11) is 0. The van der Waals surface area contributed by atoms with Crippen LogP contribution < -0.4 is 5.56 Å². The molecule has 29 heavy (non-hydrogen) atoms. The number of hydrogen-bond donors (Lipinski definition) is 1. The lowest BCUT2D eigenvalue weighted by atomic mass is 10.0. The zero-order chi connectivity index (χ0) is 21.0. The fourth-order valence-corrected chi connectivity index (χ4v) is 3.03. The Hall–Kier alpha value is -3.29. The van der Waals surface area contributed by atoms with Gasteiger partial charge in [-0.25, -0.2) is 0 Å². The summed E-state index contributed by atoms with van der Waals surface area (Å²) in [6.07, 6.45) is 3.24. The molecule has 0 saturated heterocycles. The average Bonchev–Trinajstić information content (AvgIpc) is 3.16. The highest BCUT2D eigenvalue weighted by atomic mass is 16.3. The molecule has 2 aromatic heterocycles. The number of rotatable bonds is 7. The van der Waals surface area contributed by atoms with E-state index < -0.39 is 0 Å². The van der Waals surface area contributed by atoms with Crippen molar-refractivity contribution in [2.75, 3.05) is 0 Å². The summed E-state index contributed by atoms with van der Waals surface area (Å²) in [5, 5.41) is 26.9. The molecule has 0 radical (unpaired) electrons. The number of hydrogen-bond acceptors (Lipinski definition) is 6. The monoisotopic (exact) mass is 394 g/mol. The molecule has 8 heteroatoms. The number of benzene rings is 1. The molecule has 0 aliphatic heterocycles. The van der Waals surface area contributed by atoms with Gasteiger partial charge in [-0.3, -0.25) is 13.9 Å². The Morgan fingerprint density at radius 1 is 1.21 bits per heavy atom. The summed E-state index contributed by atoms with van der Waals surface area (Å²) in [5.41, 5.74) is 2.18. The van der Waals surface area contributed by atoms with E-state index in [1.54, 1.807) is 17.0 Å². The highest BCUT2D eigenvalue weighted by Gasteiger charge is 2.16. The van der Waals surface area contributed by atoms with Crippen molar-refractivity contribution < 1.29 is 5.11 Å². The van der Waals surface area contributed by atoms with Crippen LogP contribution >= 0.6 is 0 Å². The maximum atomic E-state index is 12.9. The van der Waals surface area contributed by atoms with Crippen LogP contribution in [0.3, 0.4) is 0 Å². The van der Waals surface area contributed by atoms with Crippen molar-refractivity contribution in [3.63, 3.8) is 0 Å². The van der Waals surface area contributed by atoms with Crippen LogP contribution in [0, 0.1) is 6.92 Å². The van der Waals surface area contributed by atoms with Gasteiger partial charge in [-0.1, -0.05) is 43.2 Å². The SMILES string of the molecule is CCCCn1c(O)c(-c2cccc(C)c2)cc(N=Nc2nncn2C(C)C)c1=O. The maximum Gasteiger partial charge on any atom is 0.281 e. The second-order valence-corrected chi connectivity index (χ2v) is 7.28. The van der Waals surface area contributed by atoms with Gasteiger partial charge >= 0.3 is 0 Å². The Morgan fingerprint density at radius 2 is 2.00 bits per heavy atom. The molecule has 1 aromatic carbocycles. The molecule has 0 aliphatic carbocycles. The van der Waals surface area contributed by atoms with Gasteiger partial charge in [0.1, 0.15) is 6.33 Å². The van der Waals surface area contributed by atoms with Crippen molar-refractivity contribution in [1.82, 2.24) is 19.3 Å². The number of unbranched alkanes of at least 4 members (excludes halogenated alkanes) is 1. The van der Waals surface area contributed by atoms with Gasteiger partial charge in [0, 0.05) is 18.2 Å². The van der Waals surface area contributed by atoms with E-state index in [2.05, 4.69) is 20.4 Å². The van der Waals surface area contributed by atoms with Crippen LogP contribution in [0.25, 0.3) is 11.1 Å². The maximum absolute atomic E-state index is 12.9. The van der Waals surface area contributed by atoms with Gasteiger partial charge in [0.2, 0.25) is 5.88 Å². The molecule has 152 valence electrons. The van der Waals surface area contributed by atoms with Crippen LogP contribution in [0.1, 0.15) is 45.2 Å². The molecule has 1 N–H and O–H groups in total. The number of aryl methyl sites for hydroxylation is 1. The molecular formula is C21H26N6O2. The summed E-state index contributed by atoms with van der Waals surface area (Å²) >= 11 is 0. The van der Waals surface area contributed by atoms with Gasteiger partial charge in [0.05, 0.1) is 0 Å². The number of azo groups is 1. The smallest absolute Gasteiger partial charge is 0.281 e. The molecule has 0 saturated carbocycles. The predicted octanol–water partition coefficient (Wildman–Crippen LogP) is 4.92. The van der Waals surface area contributed by atoms with Crippen molar-refractivity contribution >= 4 is 11.6 Å². The third-order valence-electron chi connectivity index (χ3n) is 4.66. The number of nitrogens with zero attached hydrogens (tertiary/aromatic N) is 6. The van der Waals surface area contributed by atoms with Gasteiger partial charge in [-0.05, 0) is 38.8 Å². The van der Waals surface area contributed by atoms with E-state index in [9.17, 15) is 9.90 Å². The Balaban J connectivity index is 2.13. The Bertz CT molecular complexity index is 1080. The third kappa shape index (κ3) is 4.42. The first-order valence-corrected chi connectivity index (χ1v) is 9.77. The second kappa shape index (κ2) is 8.81. The van der Waals surface area contributed by atoms with Crippen LogP contribution in [-0.4, -0.2) is 24.4 Å². The molecule has 0 fully saturated rings. The third-order valence-corrected chi connectivity index (χ3v) is 4.66. The largest absolute Gasteiger partial charge is 0.494 e. The fourth-order valence-electron chi connectivity index (χ4n) is 3.03. The van der Waals surface area contributed by atoms with E-state index in [-0.39, 0.29) is 23.2 Å². The Morgan fingerprint density at radius 3 is 2.69 bits per heavy atom. The minimum absolute atomic E-state index is 0.0571. The molecule has 0 aliphatic rings. The minimum atomic E-state index is -0.383. The lowest BCUT2D eigenvalue weighted by Crippen LogP contribution is -2.20. The first-order valence-electron chi connectivity index (χ1n) is 9.77. The molecule has 8 nitrogen and oxygen atoms in total. The van der Waals surface area contributed by atoms with Crippen LogP contribution in [0.5, 0.6) is 5.88 Å². The van der Waals surface area contributed by atoms with Gasteiger partial charge in [0.25, 0.3) is 11.5 Å². The van der Waals surface area contributed by atoms with Crippen LogP contribution in [0.4, 0.5) is 11.6 Å². The Kier molecular flexibility index (Phi) is 6.21. The van der Waals surface area contributed by atoms with E-state index in [4.69, 9.17) is 0 Å². The number of aromatic hydroxyl groups is 1. The van der Waals surface area contributed by atoms with Gasteiger partial charge in [0.15, 0.2) is 5.69 Å². The van der Waals surface area contributed by atoms with Crippen LogP contribution in [0.2, 0.25) is 0 Å². The summed E-state index contributed by atoms with van der Waals surface area (Å²) < 4.78 is 3.13. The van der Waals surface area contributed by atoms with Crippen molar-refractivity contribution in [3.8, 4) is 17.0 Å². The molecule has 3 rings (SSSR count). The average molecular weight is 394 g/mol. The van der Waals surface area contributed by atoms with Crippen LogP contribution in [0.15, 0.2) is 51.7 Å². The van der Waals surface area contributed by atoms with Crippen molar-refractivity contribution in [2.45, 2.75) is 53.1 Å². The second-order valence-electron chi connectivity index (χ2n) is 7.28. The summed E-state index contributed by atoms with van der Waals surface area (Å²) in [4.78, 5) is 12.9. The lowest BCUT2D eigenvalue weighted by molar-refractivity contribution is 0.404. The molecule has 2 heterocycles. The van der Waals surface area contributed by atoms with Gasteiger partial charge in [-0.15, -0.1) is 20.4 Å². The van der Waals surface area contributed by atoms with E-state index in [1.165, 1.54) is 4.57 Å². The standard InChI is InChI=1S/C21H26N6O2/c1-5-6-10-26-19(28)17(16-9-7-8-15(4)11-16)12-18(20(26)29)23-25-21-24-22-13-27(21)14(2)3/h7-9,11-14,28H,5-6,10H2,1-4H3. The van der Waals surface area contributed by atoms with Gasteiger partial charge < -0.3 is 5.11 Å². The quantitative estimate of drug-likeness (QED) is 0.575. The highest BCUT2D eigenvalue weighted by molar-refractivity contribution is 5.72. The highest BCUT2D eigenvalue weighted by Crippen LogP contribution is 2.32. The molecule has 0 spiro atoms. The van der Waals surface area contributed by atoms with Crippen molar-refractivity contribution in [1.29, 1.82) is 0 Å². The first kappa shape index (κ1) is 20.4. The van der Waals surface area contributed by atoms with E-state index >= 15 is 0 Å². The summed E-state index contributed by atoms with van der Waals surface area (Å²) in [6.45, 7) is 8.39. The molecule has 0 atom stereocenters. The molecule has 0 amide bonds. The van der Waals surface area contributed by atoms with Crippen molar-refractivity contribution in [3.05, 3.63) is 52.6 Å². The minimum Gasteiger partial charge on any atom is -0.494 e. The van der Waals surface area contributed by atoms with E-state index in [0.717, 1.165) is 24.0 Å². The predicted molar refractivity (Wildman–Crippen MR) is 112 cm³/mol. The number of aromatic nitrogens is 4. The summed E-state index contributed by atoms with van der Waals surface area (Å²) in [5.74, 6) is 0.267. The first-order chi connectivity index (χ1) is 13.9. The van der Waals surface area contributed by atoms with E-state index in [1.807, 2.05) is 52.0 Å². The lowest BCUT2D eigenvalue weighted by Gasteiger charge is -2.14. The van der Waals surface area contributed by atoms with Crippen molar-refractivity contribution in [2.24, 2.45) is 10.2 Å². The van der Waals surface area contributed by atoms with E-state index in [0.29, 0.717) is 18.1 Å². The molecule has 0 bridgehead atoms. The van der Waals surface area contributed by atoms with Crippen LogP contribution in [-0.2, 0) is 6.54 Å². The summed E-state index contributed by atoms with van der Waals surface area (Å²) in [6, 6.07) is 9.44. The zero-order valence-electron chi connectivity index (χ0n) is 17.2. The van der Waals surface area contributed by atoms with Gasteiger partial charge in [-0.2, -0.15) is 0 Å². The zero-order valence-corrected chi connectivity index (χ0v) is 17.2. The Labute approximate surface area is 169 Å². The topological polar surface area (TPSA) is 97.7 Å². The normalized spacial score (nSPS) is 11.6. The molecule has 0 unspecified atom stereocenters. The molecular weight excluding hydrogens is 368 g/mol. The molecule has 3 aromatic rings. The fraction of sp³-hybridized carbons (Fsp3) is 0.381. The number of pyridine rings is 1.